The number of pyridine rings is 2. The largest absolute Gasteiger partial charge is 2.00 e. The summed E-state index contributed by atoms with van der Waals surface area (Å²) in [5, 5.41) is 1.87. The van der Waals surface area contributed by atoms with Crippen LogP contribution < -0.4 is 9.47 Å². The quantitative estimate of drug-likeness (QED) is 0.0752. The SMILES string of the molecule is CCCc1ccc(-c2c(Oc3[c-]c4c(cc3)c3ccc(Oc5[c-]c(-c6ccccn6)cc(C(C)C)c5-c5ccc(CCC)cc5)[c-]c3n4-c3ncccn3)[c-]c(-c3ccccn3)cc2C(C)C)cc1.[Pd+2].[Pd+2]. The Morgan fingerprint density at radius 1 is 0.479 bits per heavy atom. The summed E-state index contributed by atoms with van der Waals surface area (Å²) in [5.41, 5.74) is 13.8. The van der Waals surface area contributed by atoms with Gasteiger partial charge in [0.15, 0.2) is 0 Å². The van der Waals surface area contributed by atoms with Crippen molar-refractivity contribution in [2.24, 2.45) is 0 Å². The Bertz CT molecular complexity index is 3190. The van der Waals surface area contributed by atoms with Crippen molar-refractivity contribution in [3.05, 3.63) is 199 Å². The summed E-state index contributed by atoms with van der Waals surface area (Å²) in [5.74, 6) is 3.06. The second-order valence-corrected chi connectivity index (χ2v) is 18.1. The van der Waals surface area contributed by atoms with Gasteiger partial charge in [-0.3, -0.25) is 0 Å². The molecule has 0 radical (unpaired) electrons. The molecule has 71 heavy (non-hydrogen) atoms. The van der Waals surface area contributed by atoms with Crippen LogP contribution in [0.1, 0.15) is 88.5 Å². The molecule has 10 aromatic rings. The van der Waals surface area contributed by atoms with Gasteiger partial charge in [-0.1, -0.05) is 173 Å². The molecule has 4 aromatic heterocycles. The van der Waals surface area contributed by atoms with Gasteiger partial charge in [0.25, 0.3) is 0 Å². The van der Waals surface area contributed by atoms with Gasteiger partial charge >= 0.3 is 40.8 Å². The van der Waals surface area contributed by atoms with Gasteiger partial charge in [-0.05, 0) is 65.4 Å². The zero-order valence-corrected chi connectivity index (χ0v) is 43.7. The minimum absolute atomic E-state index is 0. The summed E-state index contributed by atoms with van der Waals surface area (Å²) >= 11 is 0. The zero-order valence-electron chi connectivity index (χ0n) is 40.6. The number of benzene rings is 6. The Hall–Kier alpha value is -6.58. The molecule has 0 atom stereocenters. The maximum atomic E-state index is 7.01. The van der Waals surface area contributed by atoms with Crippen molar-refractivity contribution in [3.8, 4) is 73.7 Å². The Morgan fingerprint density at radius 2 is 0.901 bits per heavy atom. The fourth-order valence-electron chi connectivity index (χ4n) is 9.16. The van der Waals surface area contributed by atoms with Crippen LogP contribution in [-0.2, 0) is 53.7 Å². The van der Waals surface area contributed by atoms with E-state index in [1.165, 1.54) is 11.1 Å². The maximum absolute atomic E-state index is 7.01. The molecule has 0 saturated heterocycles. The number of fused-ring (bicyclic) bond motifs is 3. The fourth-order valence-corrected chi connectivity index (χ4v) is 9.16. The molecule has 358 valence electrons. The van der Waals surface area contributed by atoms with Crippen molar-refractivity contribution in [2.45, 2.75) is 79.1 Å². The fraction of sp³-hybridized carbons (Fsp3) is 0.194. The molecule has 0 aliphatic heterocycles. The number of hydrogen-bond donors (Lipinski definition) is 0. The number of rotatable bonds is 15. The van der Waals surface area contributed by atoms with E-state index < -0.39 is 0 Å². The van der Waals surface area contributed by atoms with Crippen LogP contribution in [0.5, 0.6) is 23.0 Å². The Labute approximate surface area is 445 Å². The van der Waals surface area contributed by atoms with Crippen molar-refractivity contribution in [1.82, 2.24) is 24.5 Å². The molecule has 6 aromatic carbocycles. The van der Waals surface area contributed by atoms with Gasteiger partial charge in [0, 0.05) is 47.8 Å². The molecule has 0 N–H and O–H groups in total. The van der Waals surface area contributed by atoms with Crippen LogP contribution in [0.4, 0.5) is 0 Å². The number of nitrogens with zero attached hydrogens (tertiary/aromatic N) is 5. The number of ether oxygens (including phenoxy) is 2. The molecule has 0 amide bonds. The molecule has 10 rings (SSSR count). The minimum atomic E-state index is 0. The van der Waals surface area contributed by atoms with Crippen LogP contribution in [0.2, 0.25) is 0 Å². The molecule has 9 heteroatoms. The first-order chi connectivity index (χ1) is 33.8. The van der Waals surface area contributed by atoms with Crippen molar-refractivity contribution in [2.75, 3.05) is 0 Å². The standard InChI is InChI=1S/C62H53N5O2.2Pd/c1-7-14-42-18-22-44(23-19-42)60-52(40(3)4)34-46(54-16-9-11-30-63-54)36-58(60)68-48-26-28-50-51-29-27-49(39-57(51)67(56(50)38-48)62-65-32-13-33-66-62)69-59-37-47(55-17-10-12-31-64-55)35-53(41(5)6)61(59)45-24-20-43(15-8-2)21-25-45;;/h9-13,16-35,40-41H,7-8,14-15H2,1-6H3;;/q-4;2*+2. The van der Waals surface area contributed by atoms with E-state index >= 15 is 0 Å². The second kappa shape index (κ2) is 22.7. The monoisotopic (exact) mass is 1110 g/mol. The van der Waals surface area contributed by atoms with Crippen molar-refractivity contribution >= 4 is 21.8 Å². The molecule has 4 heterocycles. The van der Waals surface area contributed by atoms with Gasteiger partial charge in [0.2, 0.25) is 5.95 Å². The third-order valence-corrected chi connectivity index (χ3v) is 12.5. The third kappa shape index (κ3) is 10.7. The molecule has 0 saturated carbocycles. The van der Waals surface area contributed by atoms with E-state index in [0.29, 0.717) is 28.9 Å². The number of aromatic nitrogens is 5. The summed E-state index contributed by atoms with van der Waals surface area (Å²) in [4.78, 5) is 18.9. The molecule has 7 nitrogen and oxygen atoms in total. The first-order valence-electron chi connectivity index (χ1n) is 24.0. The Morgan fingerprint density at radius 3 is 1.28 bits per heavy atom. The first kappa shape index (κ1) is 50.8. The zero-order chi connectivity index (χ0) is 47.4. The average molecular weight is 1110 g/mol. The summed E-state index contributed by atoms with van der Waals surface area (Å²) in [6.45, 7) is 13.3. The molecule has 0 bridgehead atoms. The van der Waals surface area contributed by atoms with E-state index in [2.05, 4.69) is 139 Å². The molecule has 0 unspecified atom stereocenters. The van der Waals surface area contributed by atoms with E-state index in [4.69, 9.17) is 29.4 Å². The Kier molecular flexibility index (Phi) is 16.2. The summed E-state index contributed by atoms with van der Waals surface area (Å²) < 4.78 is 16.0. The molecule has 0 spiro atoms. The van der Waals surface area contributed by atoms with E-state index in [1.54, 1.807) is 12.4 Å². The van der Waals surface area contributed by atoms with E-state index in [-0.39, 0.29) is 52.7 Å². The van der Waals surface area contributed by atoms with Crippen molar-refractivity contribution in [1.29, 1.82) is 0 Å². The topological polar surface area (TPSA) is 75.0 Å². The Balaban J connectivity index is 0.00000338. The number of hydrogen-bond acceptors (Lipinski definition) is 6. The predicted molar refractivity (Wildman–Crippen MR) is 278 cm³/mol. The van der Waals surface area contributed by atoms with Gasteiger partial charge in [-0.25, -0.2) is 9.97 Å². The van der Waals surface area contributed by atoms with Gasteiger partial charge < -0.3 is 24.0 Å². The molecular formula is C62H53N5O2Pd2. The van der Waals surface area contributed by atoms with Crippen LogP contribution >= 0.6 is 0 Å². The van der Waals surface area contributed by atoms with E-state index in [9.17, 15) is 0 Å². The van der Waals surface area contributed by atoms with Crippen molar-refractivity contribution < 1.29 is 50.3 Å². The molecule has 0 fully saturated rings. The summed E-state index contributed by atoms with van der Waals surface area (Å²) in [6.07, 6.45) is 11.3. The van der Waals surface area contributed by atoms with Gasteiger partial charge in [0.1, 0.15) is 0 Å². The van der Waals surface area contributed by atoms with E-state index in [0.717, 1.165) is 103 Å². The molecule has 0 aliphatic carbocycles. The van der Waals surface area contributed by atoms with Crippen LogP contribution in [0.15, 0.2) is 152 Å². The average Bonchev–Trinajstić information content (AvgIpc) is 3.70. The van der Waals surface area contributed by atoms with Gasteiger partial charge in [0.05, 0.1) is 0 Å². The molecule has 0 aliphatic rings. The maximum Gasteiger partial charge on any atom is 2.00 e. The van der Waals surface area contributed by atoms with Crippen LogP contribution in [0.3, 0.4) is 0 Å². The third-order valence-electron chi connectivity index (χ3n) is 12.5. The first-order valence-corrected chi connectivity index (χ1v) is 24.0. The smallest absolute Gasteiger partial charge is 0.502 e. The predicted octanol–water partition coefficient (Wildman–Crippen LogP) is 16.0. The normalized spacial score (nSPS) is 11.2. The van der Waals surface area contributed by atoms with Crippen molar-refractivity contribution in [3.63, 3.8) is 0 Å². The van der Waals surface area contributed by atoms with Crippen LogP contribution in [0, 0.1) is 24.3 Å². The number of aryl methyl sites for hydroxylation is 2. The van der Waals surface area contributed by atoms with Crippen LogP contribution in [0.25, 0.3) is 72.5 Å². The second-order valence-electron chi connectivity index (χ2n) is 18.1. The van der Waals surface area contributed by atoms with Crippen LogP contribution in [-0.4, -0.2) is 24.5 Å². The van der Waals surface area contributed by atoms with E-state index in [1.807, 2.05) is 71.6 Å². The summed E-state index contributed by atoms with van der Waals surface area (Å²) in [6, 6.07) is 58.4. The van der Waals surface area contributed by atoms with Gasteiger partial charge in [-0.2, -0.15) is 22.9 Å². The minimum Gasteiger partial charge on any atom is -0.502 e. The summed E-state index contributed by atoms with van der Waals surface area (Å²) in [7, 11) is 0. The van der Waals surface area contributed by atoms with Gasteiger partial charge in [-0.15, -0.1) is 58.7 Å². The molecular weight excluding hydrogens is 1060 g/mol.